The average Bonchev–Trinajstić information content (AvgIpc) is 3.07. The number of nitrogens with one attached hydrogen (secondary N) is 1. The van der Waals surface area contributed by atoms with E-state index in [4.69, 9.17) is 9.16 Å². The van der Waals surface area contributed by atoms with Gasteiger partial charge in [-0.05, 0) is 52.6 Å². The van der Waals surface area contributed by atoms with Crippen molar-refractivity contribution in [1.29, 1.82) is 0 Å². The molecular weight excluding hydrogens is 524 g/mol. The molecule has 1 N–H and O–H groups in total. The van der Waals surface area contributed by atoms with E-state index in [2.05, 4.69) is 122 Å². The quantitative estimate of drug-likeness (QED) is 0.360. The van der Waals surface area contributed by atoms with Crippen molar-refractivity contribution in [2.45, 2.75) is 70.3 Å². The van der Waals surface area contributed by atoms with Gasteiger partial charge < -0.3 is 14.5 Å². The van der Waals surface area contributed by atoms with E-state index in [0.29, 0.717) is 18.4 Å². The molecule has 1 saturated heterocycles. The molecule has 2 aliphatic carbocycles. The number of carbonyl (C=O) groups is 1. The molecule has 3 aliphatic rings. The van der Waals surface area contributed by atoms with Crippen LogP contribution in [-0.2, 0) is 15.7 Å². The highest BCUT2D eigenvalue weighted by atomic mass is 28.4. The van der Waals surface area contributed by atoms with Crippen LogP contribution >= 0.6 is 0 Å². The number of fused-ring (bicyclic) bond motifs is 2. The summed E-state index contributed by atoms with van der Waals surface area (Å²) < 4.78 is 13.3. The summed E-state index contributed by atoms with van der Waals surface area (Å²) in [5.41, 5.74) is 1.33. The van der Waals surface area contributed by atoms with Crippen LogP contribution in [0.5, 0.6) is 0 Å². The second-order valence-corrected chi connectivity index (χ2v) is 17.5. The summed E-state index contributed by atoms with van der Waals surface area (Å²) in [5, 5.41) is 5.83. The summed E-state index contributed by atoms with van der Waals surface area (Å²) in [5.74, 6) is 1.19. The van der Waals surface area contributed by atoms with Crippen LogP contribution in [0.3, 0.4) is 0 Å². The fraction of sp³-hybridized carbons (Fsp3) is 0.457. The van der Waals surface area contributed by atoms with E-state index in [1.165, 1.54) is 15.9 Å². The van der Waals surface area contributed by atoms with Gasteiger partial charge in [-0.3, -0.25) is 4.90 Å². The monoisotopic (exact) mass is 568 g/mol. The Kier molecular flexibility index (Phi) is 7.83. The zero-order chi connectivity index (χ0) is 28.6. The summed E-state index contributed by atoms with van der Waals surface area (Å²) in [6.45, 7) is 11.3. The largest absolute Gasteiger partial charge is 0.450 e. The van der Waals surface area contributed by atoms with Crippen molar-refractivity contribution < 1.29 is 14.0 Å². The minimum absolute atomic E-state index is 0.00874. The molecule has 3 fully saturated rings. The van der Waals surface area contributed by atoms with Gasteiger partial charge in [-0.2, -0.15) is 0 Å². The van der Waals surface area contributed by atoms with E-state index in [0.717, 1.165) is 25.9 Å². The minimum Gasteiger partial charge on any atom is -0.450 e. The molecule has 0 spiro atoms. The van der Waals surface area contributed by atoms with Crippen LogP contribution < -0.4 is 15.7 Å². The summed E-state index contributed by atoms with van der Waals surface area (Å²) in [6.07, 6.45) is 1.91. The van der Waals surface area contributed by atoms with E-state index in [1.54, 1.807) is 0 Å². The van der Waals surface area contributed by atoms with E-state index in [9.17, 15) is 4.79 Å². The van der Waals surface area contributed by atoms with Gasteiger partial charge in [-0.25, -0.2) is 4.79 Å². The molecule has 1 amide bonds. The molecule has 216 valence electrons. The normalized spacial score (nSPS) is 27.5. The van der Waals surface area contributed by atoms with Crippen LogP contribution in [0.25, 0.3) is 0 Å². The fourth-order valence-corrected chi connectivity index (χ4v) is 13.0. The lowest BCUT2D eigenvalue weighted by Gasteiger charge is -2.48. The molecule has 6 heteroatoms. The molecule has 6 unspecified atom stereocenters. The number of benzene rings is 3. The van der Waals surface area contributed by atoms with Gasteiger partial charge in [0.05, 0.1) is 12.7 Å². The number of ether oxygens (including phenoxy) is 1. The van der Waals surface area contributed by atoms with Crippen LogP contribution in [0.4, 0.5) is 4.79 Å². The molecule has 3 bridgehead atoms. The van der Waals surface area contributed by atoms with Gasteiger partial charge in [0.1, 0.15) is 0 Å². The van der Waals surface area contributed by atoms with Crippen molar-refractivity contribution in [2.75, 3.05) is 13.2 Å². The first-order valence-electron chi connectivity index (χ1n) is 15.3. The van der Waals surface area contributed by atoms with Crippen LogP contribution in [0.2, 0.25) is 5.04 Å². The number of amides is 1. The third-order valence-electron chi connectivity index (χ3n) is 9.76. The summed E-state index contributed by atoms with van der Waals surface area (Å²) >= 11 is 0. The predicted octanol–water partition coefficient (Wildman–Crippen LogP) is 5.59. The van der Waals surface area contributed by atoms with Crippen LogP contribution in [-0.4, -0.2) is 50.6 Å². The second-order valence-electron chi connectivity index (χ2n) is 13.2. The van der Waals surface area contributed by atoms with Crippen LogP contribution in [0.1, 0.15) is 46.1 Å². The summed E-state index contributed by atoms with van der Waals surface area (Å²) in [4.78, 5) is 15.5. The van der Waals surface area contributed by atoms with Crippen molar-refractivity contribution in [3.05, 3.63) is 96.6 Å². The van der Waals surface area contributed by atoms with Crippen molar-refractivity contribution in [2.24, 2.45) is 17.8 Å². The van der Waals surface area contributed by atoms with Gasteiger partial charge in [-0.1, -0.05) is 112 Å². The van der Waals surface area contributed by atoms with Crippen molar-refractivity contribution >= 4 is 24.8 Å². The minimum atomic E-state index is -2.79. The number of hydrogen-bond acceptors (Lipinski definition) is 4. The van der Waals surface area contributed by atoms with Gasteiger partial charge in [0, 0.05) is 31.1 Å². The molecule has 41 heavy (non-hydrogen) atoms. The van der Waals surface area contributed by atoms with Crippen LogP contribution in [0, 0.1) is 17.8 Å². The Labute approximate surface area is 246 Å². The zero-order valence-corrected chi connectivity index (χ0v) is 25.8. The highest BCUT2D eigenvalue weighted by Gasteiger charge is 2.63. The van der Waals surface area contributed by atoms with E-state index < -0.39 is 8.32 Å². The van der Waals surface area contributed by atoms with Crippen molar-refractivity contribution in [3.8, 4) is 0 Å². The van der Waals surface area contributed by atoms with Gasteiger partial charge >= 0.3 is 6.09 Å². The molecule has 6 rings (SSSR count). The third kappa shape index (κ3) is 5.15. The number of rotatable bonds is 8. The van der Waals surface area contributed by atoms with Gasteiger partial charge in [0.25, 0.3) is 8.32 Å². The fourth-order valence-electron chi connectivity index (χ4n) is 8.31. The number of piperidine rings is 1. The number of likely N-dealkylation sites (tertiary alicyclic amines) is 1. The lowest BCUT2D eigenvalue weighted by molar-refractivity contribution is 0.0194. The Morgan fingerprint density at radius 2 is 1.44 bits per heavy atom. The summed E-state index contributed by atoms with van der Waals surface area (Å²) in [6, 6.07) is 33.0. The first kappa shape index (κ1) is 28.2. The lowest BCUT2D eigenvalue weighted by atomic mass is 9.74. The molecule has 0 aromatic heterocycles. The molecule has 2 saturated carbocycles. The number of nitrogens with zero attached hydrogens (tertiary/aromatic N) is 1. The van der Waals surface area contributed by atoms with Gasteiger partial charge in [0.15, 0.2) is 0 Å². The molecule has 3 aromatic carbocycles. The molecule has 1 aliphatic heterocycles. The van der Waals surface area contributed by atoms with Gasteiger partial charge in [0.2, 0.25) is 0 Å². The van der Waals surface area contributed by atoms with Crippen molar-refractivity contribution in [3.63, 3.8) is 0 Å². The number of carbonyl (C=O) groups excluding carboxylic acids is 1. The smallest absolute Gasteiger partial charge is 0.407 e. The van der Waals surface area contributed by atoms with E-state index in [-0.39, 0.29) is 35.2 Å². The van der Waals surface area contributed by atoms with E-state index >= 15 is 0 Å². The molecule has 0 radical (unpaired) electrons. The predicted molar refractivity (Wildman–Crippen MR) is 167 cm³/mol. The molecule has 6 atom stereocenters. The number of alkyl carbamates (subject to hydrolysis) is 1. The highest BCUT2D eigenvalue weighted by molar-refractivity contribution is 6.99. The Bertz CT molecular complexity index is 1270. The second kappa shape index (κ2) is 11.4. The number of hydrogen-bond donors (Lipinski definition) is 1. The maximum absolute atomic E-state index is 12.8. The maximum Gasteiger partial charge on any atom is 0.407 e. The van der Waals surface area contributed by atoms with Gasteiger partial charge in [-0.15, -0.1) is 0 Å². The summed E-state index contributed by atoms with van der Waals surface area (Å²) in [7, 11) is -2.79. The first-order valence-corrected chi connectivity index (χ1v) is 17.2. The molecular formula is C35H44N2O3Si. The topological polar surface area (TPSA) is 50.8 Å². The SMILES string of the molecule is CCOC(=O)NC1C2CC3CC1C(C2O[Si](c1ccccc1)(c1ccccc1)C(C)(C)C)N(Cc1ccccc1)C3. The van der Waals surface area contributed by atoms with Crippen molar-refractivity contribution in [1.82, 2.24) is 10.2 Å². The Morgan fingerprint density at radius 3 is 2.00 bits per heavy atom. The first-order chi connectivity index (χ1) is 19.8. The highest BCUT2D eigenvalue weighted by Crippen LogP contribution is 2.54. The standard InChI is InChI=1S/C35H44N2O3Si/c1-5-39-34(38)36-31-29-21-26-22-30(31)33(32(29)37(24-26)23-25-15-9-6-10-16-25)40-41(35(2,3)4,27-17-11-7-12-18-27)28-19-13-8-14-20-28/h6-20,26,29-33H,5,21-24H2,1-4H3,(H,36,38). The Morgan fingerprint density at radius 1 is 0.878 bits per heavy atom. The van der Waals surface area contributed by atoms with E-state index in [1.807, 2.05) is 6.92 Å². The zero-order valence-electron chi connectivity index (χ0n) is 24.8. The maximum atomic E-state index is 12.8. The average molecular weight is 569 g/mol. The Hall–Kier alpha value is -2.93. The lowest BCUT2D eigenvalue weighted by Crippen LogP contribution is -2.69. The molecule has 5 nitrogen and oxygen atoms in total. The molecule has 1 heterocycles. The molecule has 3 aromatic rings. The third-order valence-corrected chi connectivity index (χ3v) is 14.8. The van der Waals surface area contributed by atoms with Crippen LogP contribution in [0.15, 0.2) is 91.0 Å². The Balaban J connectivity index is 1.46.